The van der Waals surface area contributed by atoms with Gasteiger partial charge in [-0.3, -0.25) is 14.5 Å². The van der Waals surface area contributed by atoms with E-state index in [4.69, 9.17) is 0 Å². The third kappa shape index (κ3) is 1.43. The number of amides is 2. The van der Waals surface area contributed by atoms with Gasteiger partial charge in [-0.05, 0) is 19.1 Å². The van der Waals surface area contributed by atoms with E-state index in [1.165, 1.54) is 10.5 Å². The SMILES string of the molecule is Cc1ccc(N2CCN3C(=O)C(=O)N=C32)cc1. The number of guanidine groups is 1. The maximum absolute atomic E-state index is 11.5. The van der Waals surface area contributed by atoms with E-state index in [-0.39, 0.29) is 0 Å². The first kappa shape index (κ1) is 10.0. The highest BCUT2D eigenvalue weighted by molar-refractivity contribution is 6.45. The maximum Gasteiger partial charge on any atom is 0.338 e. The zero-order valence-corrected chi connectivity index (χ0v) is 9.38. The average molecular weight is 229 g/mol. The quantitative estimate of drug-likeness (QED) is 0.660. The molecule has 0 aromatic heterocycles. The van der Waals surface area contributed by atoms with Crippen LogP contribution in [-0.2, 0) is 9.59 Å². The molecule has 1 aromatic rings. The van der Waals surface area contributed by atoms with E-state index in [9.17, 15) is 9.59 Å². The Bertz CT molecular complexity index is 533. The molecule has 3 rings (SSSR count). The Morgan fingerprint density at radius 2 is 1.71 bits per heavy atom. The first-order valence-corrected chi connectivity index (χ1v) is 5.45. The summed E-state index contributed by atoms with van der Waals surface area (Å²) in [5.74, 6) is -0.727. The van der Waals surface area contributed by atoms with E-state index >= 15 is 0 Å². The predicted molar refractivity (Wildman–Crippen MR) is 62.7 cm³/mol. The molecule has 1 saturated heterocycles. The summed E-state index contributed by atoms with van der Waals surface area (Å²) in [5.41, 5.74) is 2.13. The van der Waals surface area contributed by atoms with E-state index in [1.54, 1.807) is 0 Å². The van der Waals surface area contributed by atoms with Crippen molar-refractivity contribution in [3.05, 3.63) is 29.8 Å². The second-order valence-electron chi connectivity index (χ2n) is 4.16. The highest BCUT2D eigenvalue weighted by Gasteiger charge is 2.41. The highest BCUT2D eigenvalue weighted by Crippen LogP contribution is 2.23. The molecule has 2 aliphatic heterocycles. The Balaban J connectivity index is 1.96. The second-order valence-corrected chi connectivity index (χ2v) is 4.16. The average Bonchev–Trinajstić information content (AvgIpc) is 2.83. The topological polar surface area (TPSA) is 53.0 Å². The summed E-state index contributed by atoms with van der Waals surface area (Å²) in [6, 6.07) is 7.93. The number of benzene rings is 1. The molecule has 86 valence electrons. The summed E-state index contributed by atoms with van der Waals surface area (Å²) in [6.45, 7) is 3.22. The molecular weight excluding hydrogens is 218 g/mol. The summed E-state index contributed by atoms with van der Waals surface area (Å²) >= 11 is 0. The van der Waals surface area contributed by atoms with Crippen molar-refractivity contribution >= 4 is 23.5 Å². The number of aliphatic imine (C=N–C) groups is 1. The summed E-state index contributed by atoms with van der Waals surface area (Å²) in [5, 5.41) is 0. The van der Waals surface area contributed by atoms with Gasteiger partial charge in [0.15, 0.2) is 0 Å². The van der Waals surface area contributed by atoms with Crippen LogP contribution in [0, 0.1) is 6.92 Å². The molecule has 2 heterocycles. The number of nitrogens with zero attached hydrogens (tertiary/aromatic N) is 3. The van der Waals surface area contributed by atoms with Crippen LogP contribution in [0.4, 0.5) is 5.69 Å². The molecule has 0 radical (unpaired) electrons. The van der Waals surface area contributed by atoms with Crippen LogP contribution in [0.5, 0.6) is 0 Å². The Labute approximate surface area is 98.3 Å². The Morgan fingerprint density at radius 3 is 2.41 bits per heavy atom. The lowest BCUT2D eigenvalue weighted by atomic mass is 10.2. The minimum absolute atomic E-state index is 0.462. The zero-order valence-electron chi connectivity index (χ0n) is 9.38. The molecule has 5 nitrogen and oxygen atoms in total. The fourth-order valence-corrected chi connectivity index (χ4v) is 2.08. The number of aryl methyl sites for hydroxylation is 1. The lowest BCUT2D eigenvalue weighted by Gasteiger charge is -2.17. The monoisotopic (exact) mass is 229 g/mol. The number of carbonyl (C=O) groups is 2. The molecule has 0 spiro atoms. The van der Waals surface area contributed by atoms with Gasteiger partial charge < -0.3 is 4.90 Å². The van der Waals surface area contributed by atoms with E-state index < -0.39 is 11.8 Å². The summed E-state index contributed by atoms with van der Waals surface area (Å²) in [7, 11) is 0. The molecule has 0 saturated carbocycles. The van der Waals surface area contributed by atoms with Crippen molar-refractivity contribution in [2.45, 2.75) is 6.92 Å². The largest absolute Gasteiger partial charge is 0.338 e. The van der Waals surface area contributed by atoms with Crippen LogP contribution in [0.2, 0.25) is 0 Å². The summed E-state index contributed by atoms with van der Waals surface area (Å²) < 4.78 is 0. The van der Waals surface area contributed by atoms with Gasteiger partial charge in [0.25, 0.3) is 0 Å². The molecule has 1 fully saturated rings. The van der Waals surface area contributed by atoms with Gasteiger partial charge in [0, 0.05) is 18.8 Å². The lowest BCUT2D eigenvalue weighted by molar-refractivity contribution is -0.139. The molecule has 2 aliphatic rings. The predicted octanol–water partition coefficient (Wildman–Crippen LogP) is 0.540. The van der Waals surface area contributed by atoms with Gasteiger partial charge in [0.2, 0.25) is 5.96 Å². The lowest BCUT2D eigenvalue weighted by Crippen LogP contribution is -2.33. The number of carbonyl (C=O) groups excluding carboxylic acids is 2. The zero-order chi connectivity index (χ0) is 12.0. The van der Waals surface area contributed by atoms with Gasteiger partial charge in [-0.25, -0.2) is 0 Å². The molecule has 0 aliphatic carbocycles. The smallest absolute Gasteiger partial charge is 0.310 e. The molecule has 0 N–H and O–H groups in total. The minimum Gasteiger partial charge on any atom is -0.310 e. The molecular formula is C12H11N3O2. The van der Waals surface area contributed by atoms with Crippen molar-refractivity contribution in [2.24, 2.45) is 4.99 Å². The van der Waals surface area contributed by atoms with Crippen molar-refractivity contribution in [1.29, 1.82) is 0 Å². The van der Waals surface area contributed by atoms with Crippen LogP contribution in [0.25, 0.3) is 0 Å². The van der Waals surface area contributed by atoms with Crippen LogP contribution in [0.1, 0.15) is 5.56 Å². The van der Waals surface area contributed by atoms with E-state index in [0.717, 1.165) is 5.69 Å². The molecule has 1 aromatic carbocycles. The van der Waals surface area contributed by atoms with Gasteiger partial charge in [-0.2, -0.15) is 4.99 Å². The van der Waals surface area contributed by atoms with E-state index in [0.29, 0.717) is 19.0 Å². The number of fused-ring (bicyclic) bond motifs is 1. The molecule has 0 unspecified atom stereocenters. The molecule has 0 bridgehead atoms. The van der Waals surface area contributed by atoms with Gasteiger partial charge >= 0.3 is 11.8 Å². The molecule has 5 heteroatoms. The maximum atomic E-state index is 11.5. The number of hydrogen-bond acceptors (Lipinski definition) is 3. The van der Waals surface area contributed by atoms with Crippen molar-refractivity contribution in [2.75, 3.05) is 18.0 Å². The van der Waals surface area contributed by atoms with Crippen LogP contribution in [-0.4, -0.2) is 35.8 Å². The van der Waals surface area contributed by atoms with Crippen LogP contribution >= 0.6 is 0 Å². The van der Waals surface area contributed by atoms with Crippen LogP contribution in [0.3, 0.4) is 0 Å². The van der Waals surface area contributed by atoms with Crippen molar-refractivity contribution in [3.8, 4) is 0 Å². The van der Waals surface area contributed by atoms with Crippen molar-refractivity contribution < 1.29 is 9.59 Å². The first-order valence-electron chi connectivity index (χ1n) is 5.45. The highest BCUT2D eigenvalue weighted by atomic mass is 16.2. The second kappa shape index (κ2) is 3.41. The van der Waals surface area contributed by atoms with Gasteiger partial charge in [-0.15, -0.1) is 0 Å². The van der Waals surface area contributed by atoms with Crippen LogP contribution in [0.15, 0.2) is 29.3 Å². The standard InChI is InChI=1S/C12H11N3O2/c1-8-2-4-9(5-3-8)14-6-7-15-11(17)10(16)13-12(14)15/h2-5H,6-7H2,1H3. The third-order valence-corrected chi connectivity index (χ3v) is 3.01. The summed E-state index contributed by atoms with van der Waals surface area (Å²) in [4.78, 5) is 29.8. The van der Waals surface area contributed by atoms with Crippen molar-refractivity contribution in [1.82, 2.24) is 4.90 Å². The van der Waals surface area contributed by atoms with Gasteiger partial charge in [0.1, 0.15) is 0 Å². The first-order chi connectivity index (χ1) is 8.16. The minimum atomic E-state index is -0.670. The normalized spacial score (nSPS) is 18.8. The fraction of sp³-hybridized carbons (Fsp3) is 0.250. The van der Waals surface area contributed by atoms with Gasteiger partial charge in [0.05, 0.1) is 0 Å². The number of hydrogen-bond donors (Lipinski definition) is 0. The Kier molecular flexibility index (Phi) is 2.01. The van der Waals surface area contributed by atoms with E-state index in [2.05, 4.69) is 4.99 Å². The van der Waals surface area contributed by atoms with Crippen LogP contribution < -0.4 is 4.90 Å². The van der Waals surface area contributed by atoms with E-state index in [1.807, 2.05) is 36.1 Å². The van der Waals surface area contributed by atoms with Gasteiger partial charge in [-0.1, -0.05) is 17.7 Å². The van der Waals surface area contributed by atoms with Crippen molar-refractivity contribution in [3.63, 3.8) is 0 Å². The number of anilines is 1. The third-order valence-electron chi connectivity index (χ3n) is 3.01. The Morgan fingerprint density at radius 1 is 1.06 bits per heavy atom. The number of rotatable bonds is 1. The molecule has 2 amide bonds. The Hall–Kier alpha value is -2.17. The molecule has 0 atom stereocenters. The molecule has 17 heavy (non-hydrogen) atoms. The fourth-order valence-electron chi connectivity index (χ4n) is 2.08. The summed E-state index contributed by atoms with van der Waals surface area (Å²) in [6.07, 6.45) is 0.